The number of imidazole rings is 1. The van der Waals surface area contributed by atoms with Crippen LogP contribution >= 0.6 is 23.4 Å². The second-order valence-electron chi connectivity index (χ2n) is 10.1. The number of hydrogen-bond donors (Lipinski definition) is 0. The van der Waals surface area contributed by atoms with Crippen molar-refractivity contribution in [2.75, 3.05) is 6.61 Å². The van der Waals surface area contributed by atoms with Crippen LogP contribution in [0, 0.1) is 0 Å². The van der Waals surface area contributed by atoms with Gasteiger partial charge in [-0.15, -0.1) is 11.8 Å². The molecule has 0 bridgehead atoms. The Labute approximate surface area is 192 Å². The second kappa shape index (κ2) is 7.69. The molecule has 0 spiro atoms. The zero-order valence-corrected chi connectivity index (χ0v) is 21.5. The molecule has 4 atom stereocenters. The van der Waals surface area contributed by atoms with E-state index >= 15 is 0 Å². The summed E-state index contributed by atoms with van der Waals surface area (Å²) in [4.78, 5) is 24.9. The first-order chi connectivity index (χ1) is 14.4. The molecule has 2 fully saturated rings. The molecule has 4 heterocycles. The fourth-order valence-corrected chi connectivity index (χ4v) is 12.0. The molecule has 170 valence electrons. The summed E-state index contributed by atoms with van der Waals surface area (Å²) in [5.41, 5.74) is 1.19. The molecule has 11 heteroatoms. The number of hydrogen-bond acceptors (Lipinski definition) is 8. The average molecular weight is 485 g/mol. The van der Waals surface area contributed by atoms with Gasteiger partial charge in [0.25, 0.3) is 0 Å². The Hall–Kier alpha value is -1.20. The van der Waals surface area contributed by atoms with Crippen LogP contribution in [-0.4, -0.2) is 58.1 Å². The summed E-state index contributed by atoms with van der Waals surface area (Å²) in [6.45, 7) is 15.0. The molecular weight excluding hydrogens is 456 g/mol. The standard InChI is InChI=1S/C20H29ClN4O4SSi/c1-11(26)28-15-14-13(9-27-31(29-14,19(2,3)4)20(5,6)7)30-17(15)25-16-12(24-18(25)21)8-22-10-23-16/h8,10,13-15,17H,9H2,1-7H3/t13-,14-,15-,17-/m1/s1. The van der Waals surface area contributed by atoms with E-state index in [1.165, 1.54) is 13.3 Å². The number of fused-ring (bicyclic) bond motifs is 2. The zero-order valence-electron chi connectivity index (χ0n) is 18.9. The first kappa shape index (κ1) is 23.0. The predicted octanol–water partition coefficient (Wildman–Crippen LogP) is 4.48. The Kier molecular flexibility index (Phi) is 5.70. The van der Waals surface area contributed by atoms with Gasteiger partial charge in [0.05, 0.1) is 18.1 Å². The summed E-state index contributed by atoms with van der Waals surface area (Å²) in [5, 5.41) is -0.409. The van der Waals surface area contributed by atoms with Crippen molar-refractivity contribution in [2.24, 2.45) is 0 Å². The van der Waals surface area contributed by atoms with Gasteiger partial charge < -0.3 is 13.6 Å². The van der Waals surface area contributed by atoms with Gasteiger partial charge in [-0.05, 0) is 11.6 Å². The maximum atomic E-state index is 12.1. The van der Waals surface area contributed by atoms with Gasteiger partial charge >= 0.3 is 14.5 Å². The van der Waals surface area contributed by atoms with Crippen molar-refractivity contribution in [3.8, 4) is 0 Å². The number of halogens is 1. The van der Waals surface area contributed by atoms with Crippen LogP contribution in [0.3, 0.4) is 0 Å². The number of esters is 1. The lowest BCUT2D eigenvalue weighted by molar-refractivity contribution is -0.154. The largest absolute Gasteiger partial charge is 0.457 e. The molecule has 2 saturated heterocycles. The van der Waals surface area contributed by atoms with E-state index in [2.05, 4.69) is 56.5 Å². The van der Waals surface area contributed by atoms with E-state index in [0.717, 1.165) is 0 Å². The van der Waals surface area contributed by atoms with E-state index in [1.54, 1.807) is 18.0 Å². The van der Waals surface area contributed by atoms with Crippen LogP contribution in [-0.2, 0) is 18.4 Å². The fraction of sp³-hybridized carbons (Fsp3) is 0.700. The van der Waals surface area contributed by atoms with Crippen molar-refractivity contribution in [3.63, 3.8) is 0 Å². The molecule has 2 aliphatic heterocycles. The summed E-state index contributed by atoms with van der Waals surface area (Å²) >= 11 is 8.14. The molecule has 0 N–H and O–H groups in total. The van der Waals surface area contributed by atoms with E-state index in [-0.39, 0.29) is 38.1 Å². The van der Waals surface area contributed by atoms with Gasteiger partial charge in [-0.2, -0.15) is 0 Å². The number of aromatic nitrogens is 4. The number of ether oxygens (including phenoxy) is 1. The highest BCUT2D eigenvalue weighted by molar-refractivity contribution is 8.00. The van der Waals surface area contributed by atoms with Crippen molar-refractivity contribution in [3.05, 3.63) is 17.8 Å². The van der Waals surface area contributed by atoms with E-state index < -0.39 is 14.7 Å². The van der Waals surface area contributed by atoms with Crippen LogP contribution in [0.4, 0.5) is 0 Å². The number of carbonyl (C=O) groups excluding carboxylic acids is 1. The minimum Gasteiger partial charge on any atom is -0.457 e. The lowest BCUT2D eigenvalue weighted by atomic mass is 10.1. The van der Waals surface area contributed by atoms with E-state index in [0.29, 0.717) is 17.8 Å². The van der Waals surface area contributed by atoms with Crippen LogP contribution < -0.4 is 0 Å². The molecule has 2 aromatic heterocycles. The quantitative estimate of drug-likeness (QED) is 0.350. The number of thioether (sulfide) groups is 1. The maximum Gasteiger partial charge on any atom is 0.349 e. The highest BCUT2D eigenvalue weighted by Crippen LogP contribution is 2.58. The highest BCUT2D eigenvalue weighted by atomic mass is 35.5. The molecule has 4 rings (SSSR count). The first-order valence-corrected chi connectivity index (χ1v) is 13.5. The molecule has 0 unspecified atom stereocenters. The molecular formula is C20H29ClN4O4SSi. The summed E-state index contributed by atoms with van der Waals surface area (Å²) < 4.78 is 21.2. The summed E-state index contributed by atoms with van der Waals surface area (Å²) in [5.74, 6) is -0.361. The Bertz CT molecular complexity index is 991. The topological polar surface area (TPSA) is 88.4 Å². The number of rotatable bonds is 2. The Morgan fingerprint density at radius 1 is 1.29 bits per heavy atom. The molecule has 0 aromatic carbocycles. The van der Waals surface area contributed by atoms with Gasteiger partial charge in [0.1, 0.15) is 23.3 Å². The summed E-state index contributed by atoms with van der Waals surface area (Å²) in [7, 11) is -2.73. The summed E-state index contributed by atoms with van der Waals surface area (Å²) in [6, 6.07) is 0. The molecule has 2 aliphatic rings. The van der Waals surface area contributed by atoms with E-state index in [4.69, 9.17) is 25.2 Å². The predicted molar refractivity (Wildman–Crippen MR) is 122 cm³/mol. The van der Waals surface area contributed by atoms with Crippen molar-refractivity contribution < 1.29 is 18.4 Å². The maximum absolute atomic E-state index is 12.1. The van der Waals surface area contributed by atoms with Crippen molar-refractivity contribution in [1.29, 1.82) is 0 Å². The monoisotopic (exact) mass is 484 g/mol. The molecule has 0 radical (unpaired) electrons. The van der Waals surface area contributed by atoms with Crippen molar-refractivity contribution in [2.45, 2.75) is 81.4 Å². The van der Waals surface area contributed by atoms with Crippen LogP contribution in [0.15, 0.2) is 12.5 Å². The average Bonchev–Trinajstić information content (AvgIpc) is 3.15. The van der Waals surface area contributed by atoms with Gasteiger partial charge in [0.2, 0.25) is 5.28 Å². The lowest BCUT2D eigenvalue weighted by Gasteiger charge is -2.54. The highest BCUT2D eigenvalue weighted by Gasteiger charge is 2.65. The smallest absolute Gasteiger partial charge is 0.349 e. The van der Waals surface area contributed by atoms with Gasteiger partial charge in [-0.25, -0.2) is 15.0 Å². The normalized spacial score (nSPS) is 28.5. The fourth-order valence-electron chi connectivity index (χ4n) is 4.89. The third-order valence-corrected chi connectivity index (χ3v) is 12.8. The third-order valence-electron chi connectivity index (χ3n) is 5.88. The lowest BCUT2D eigenvalue weighted by Crippen LogP contribution is -2.65. The molecule has 0 aliphatic carbocycles. The molecule has 0 amide bonds. The molecule has 0 saturated carbocycles. The number of carbonyl (C=O) groups is 1. The summed E-state index contributed by atoms with van der Waals surface area (Å²) in [6.07, 6.45) is 2.22. The van der Waals surface area contributed by atoms with Crippen LogP contribution in [0.5, 0.6) is 0 Å². The van der Waals surface area contributed by atoms with Crippen LogP contribution in [0.1, 0.15) is 53.8 Å². The van der Waals surface area contributed by atoms with E-state index in [9.17, 15) is 4.79 Å². The van der Waals surface area contributed by atoms with Gasteiger partial charge in [0, 0.05) is 17.0 Å². The SMILES string of the molecule is CC(=O)O[C@@H]1[C@@H]2O[Si](C(C)(C)C)(C(C)(C)C)OC[C@H]2S[C@H]1n1c(Cl)nc2cncnc21. The number of nitrogens with zero attached hydrogens (tertiary/aromatic N) is 4. The van der Waals surface area contributed by atoms with Crippen LogP contribution in [0.2, 0.25) is 15.4 Å². The zero-order chi connectivity index (χ0) is 22.8. The molecule has 31 heavy (non-hydrogen) atoms. The minimum absolute atomic E-state index is 0.00460. The van der Waals surface area contributed by atoms with Crippen molar-refractivity contribution >= 4 is 49.1 Å². The third kappa shape index (κ3) is 3.70. The van der Waals surface area contributed by atoms with Gasteiger partial charge in [0.15, 0.2) is 11.8 Å². The van der Waals surface area contributed by atoms with Gasteiger partial charge in [-0.3, -0.25) is 9.36 Å². The molecule has 2 aromatic rings. The van der Waals surface area contributed by atoms with E-state index in [1.807, 2.05) is 4.57 Å². The molecule has 8 nitrogen and oxygen atoms in total. The Morgan fingerprint density at radius 3 is 2.58 bits per heavy atom. The Balaban J connectivity index is 1.79. The van der Waals surface area contributed by atoms with Crippen LogP contribution in [0.25, 0.3) is 11.2 Å². The first-order valence-electron chi connectivity index (χ1n) is 10.3. The minimum atomic E-state index is -2.73. The van der Waals surface area contributed by atoms with Gasteiger partial charge in [-0.1, -0.05) is 41.5 Å². The second-order valence-corrected chi connectivity index (χ2v) is 16.6. The van der Waals surface area contributed by atoms with Crippen molar-refractivity contribution in [1.82, 2.24) is 19.5 Å². The Morgan fingerprint density at radius 2 is 1.97 bits per heavy atom.